The molecule has 1 aliphatic rings. The van der Waals surface area contributed by atoms with Crippen LogP contribution in [0.5, 0.6) is 0 Å². The highest BCUT2D eigenvalue weighted by Crippen LogP contribution is 2.47. The molecule has 1 amide bonds. The first-order valence-corrected chi connectivity index (χ1v) is 10.8. The van der Waals surface area contributed by atoms with Gasteiger partial charge in [-0.2, -0.15) is 0 Å². The molecule has 1 aliphatic heterocycles. The second-order valence-electron chi connectivity index (χ2n) is 7.68. The summed E-state index contributed by atoms with van der Waals surface area (Å²) in [7, 11) is 0. The van der Waals surface area contributed by atoms with Crippen LogP contribution >= 0.6 is 23.2 Å². The van der Waals surface area contributed by atoms with Gasteiger partial charge < -0.3 is 15.1 Å². The lowest BCUT2D eigenvalue weighted by atomic mass is 9.74. The summed E-state index contributed by atoms with van der Waals surface area (Å²) in [5, 5.41) is 20.6. The lowest BCUT2D eigenvalue weighted by Crippen LogP contribution is -2.53. The molecule has 3 rings (SSSR count). The predicted octanol–water partition coefficient (Wildman–Crippen LogP) is 4.91. The molecule has 3 unspecified atom stereocenters. The number of aliphatic hydroxyl groups excluding tert-OH is 1. The molecule has 0 spiro atoms. The third kappa shape index (κ3) is 4.80. The molecule has 1 saturated heterocycles. The van der Waals surface area contributed by atoms with E-state index in [2.05, 4.69) is 0 Å². The van der Waals surface area contributed by atoms with Crippen LogP contribution in [-0.2, 0) is 9.59 Å². The maximum Gasteiger partial charge on any atom is 0.304 e. The average molecular weight is 450 g/mol. The molecule has 2 aromatic carbocycles. The van der Waals surface area contributed by atoms with E-state index < -0.39 is 17.9 Å². The first-order chi connectivity index (χ1) is 14.3. The molecule has 0 saturated carbocycles. The SMILES string of the molecule is CCC(CO)N1C(=O)C(CC(=O)O)C[C@H](c2cccc(Cl)c2)C1c1ccc(Cl)cc1. The van der Waals surface area contributed by atoms with Crippen molar-refractivity contribution < 1.29 is 19.8 Å². The quantitative estimate of drug-likeness (QED) is 0.628. The first-order valence-electron chi connectivity index (χ1n) is 10.0. The van der Waals surface area contributed by atoms with E-state index >= 15 is 0 Å². The molecule has 0 radical (unpaired) electrons. The third-order valence-corrected chi connectivity index (χ3v) is 6.29. The lowest BCUT2D eigenvalue weighted by molar-refractivity contribution is -0.153. The number of aliphatic hydroxyl groups is 1. The Morgan fingerprint density at radius 2 is 1.83 bits per heavy atom. The Hall–Kier alpha value is -2.08. The summed E-state index contributed by atoms with van der Waals surface area (Å²) in [6.45, 7) is 1.71. The number of rotatable bonds is 7. The van der Waals surface area contributed by atoms with E-state index in [0.29, 0.717) is 22.9 Å². The fraction of sp³-hybridized carbons (Fsp3) is 0.391. The van der Waals surface area contributed by atoms with Crippen LogP contribution in [0.2, 0.25) is 10.0 Å². The van der Waals surface area contributed by atoms with Crippen LogP contribution in [0.25, 0.3) is 0 Å². The minimum Gasteiger partial charge on any atom is -0.481 e. The number of halogens is 2. The van der Waals surface area contributed by atoms with Crippen LogP contribution < -0.4 is 0 Å². The summed E-state index contributed by atoms with van der Waals surface area (Å²) in [5.41, 5.74) is 1.82. The van der Waals surface area contributed by atoms with Gasteiger partial charge in [0.25, 0.3) is 0 Å². The number of hydrogen-bond donors (Lipinski definition) is 2. The topological polar surface area (TPSA) is 77.8 Å². The minimum absolute atomic E-state index is 0.174. The van der Waals surface area contributed by atoms with Crippen LogP contribution in [0.4, 0.5) is 0 Å². The van der Waals surface area contributed by atoms with Crippen molar-refractivity contribution >= 4 is 35.1 Å². The van der Waals surface area contributed by atoms with Crippen LogP contribution in [0.1, 0.15) is 49.3 Å². The Morgan fingerprint density at radius 3 is 2.40 bits per heavy atom. The van der Waals surface area contributed by atoms with Gasteiger partial charge in [-0.1, -0.05) is 54.4 Å². The number of carbonyl (C=O) groups is 2. The molecule has 7 heteroatoms. The molecule has 2 aromatic rings. The van der Waals surface area contributed by atoms with Crippen molar-refractivity contribution in [3.05, 3.63) is 69.7 Å². The molecule has 0 aliphatic carbocycles. The highest BCUT2D eigenvalue weighted by atomic mass is 35.5. The molecular formula is C23H25Cl2NO4. The van der Waals surface area contributed by atoms with Gasteiger partial charge in [-0.25, -0.2) is 0 Å². The zero-order valence-corrected chi connectivity index (χ0v) is 18.2. The highest BCUT2D eigenvalue weighted by molar-refractivity contribution is 6.30. The van der Waals surface area contributed by atoms with Crippen LogP contribution in [0.15, 0.2) is 48.5 Å². The number of carboxylic acid groups (broad SMARTS) is 1. The number of nitrogens with zero attached hydrogens (tertiary/aromatic N) is 1. The van der Waals surface area contributed by atoms with Crippen molar-refractivity contribution in [2.75, 3.05) is 6.61 Å². The van der Waals surface area contributed by atoms with Crippen LogP contribution in [0, 0.1) is 5.92 Å². The average Bonchev–Trinajstić information content (AvgIpc) is 2.71. The molecule has 0 bridgehead atoms. The summed E-state index contributed by atoms with van der Waals surface area (Å²) >= 11 is 12.3. The van der Waals surface area contributed by atoms with Gasteiger partial charge in [0.2, 0.25) is 5.91 Å². The molecule has 4 atom stereocenters. The van der Waals surface area contributed by atoms with Gasteiger partial charge in [0, 0.05) is 21.9 Å². The molecule has 30 heavy (non-hydrogen) atoms. The molecule has 2 N–H and O–H groups in total. The van der Waals surface area contributed by atoms with Gasteiger partial charge in [0.15, 0.2) is 0 Å². The van der Waals surface area contributed by atoms with E-state index in [0.717, 1.165) is 11.1 Å². The highest BCUT2D eigenvalue weighted by Gasteiger charge is 2.45. The summed E-state index contributed by atoms with van der Waals surface area (Å²) in [5.74, 6) is -2.10. The molecule has 1 heterocycles. The Bertz CT molecular complexity index is 898. The zero-order chi connectivity index (χ0) is 21.8. The smallest absolute Gasteiger partial charge is 0.304 e. The van der Waals surface area contributed by atoms with Crippen molar-refractivity contribution in [1.29, 1.82) is 0 Å². The predicted molar refractivity (Wildman–Crippen MR) is 117 cm³/mol. The Balaban J connectivity index is 2.16. The largest absolute Gasteiger partial charge is 0.481 e. The lowest BCUT2D eigenvalue weighted by Gasteiger charge is -2.48. The van der Waals surface area contributed by atoms with Crippen LogP contribution in [-0.4, -0.2) is 39.6 Å². The van der Waals surface area contributed by atoms with E-state index in [4.69, 9.17) is 23.2 Å². The summed E-state index contributed by atoms with van der Waals surface area (Å²) < 4.78 is 0. The van der Waals surface area contributed by atoms with E-state index in [-0.39, 0.29) is 30.9 Å². The Labute approximate surface area is 186 Å². The third-order valence-electron chi connectivity index (χ3n) is 5.81. The first kappa shape index (κ1) is 22.6. The van der Waals surface area contributed by atoms with Crippen molar-refractivity contribution in [1.82, 2.24) is 4.90 Å². The Kier molecular flexibility index (Phi) is 7.40. The fourth-order valence-corrected chi connectivity index (χ4v) is 4.71. The fourth-order valence-electron chi connectivity index (χ4n) is 4.39. The van der Waals surface area contributed by atoms with Crippen molar-refractivity contribution in [2.45, 2.75) is 44.2 Å². The monoisotopic (exact) mass is 449 g/mol. The minimum atomic E-state index is -1.01. The van der Waals surface area contributed by atoms with Gasteiger partial charge in [-0.3, -0.25) is 9.59 Å². The van der Waals surface area contributed by atoms with Gasteiger partial charge in [0.05, 0.1) is 25.1 Å². The molecule has 160 valence electrons. The summed E-state index contributed by atoms with van der Waals surface area (Å²) in [6, 6.07) is 14.0. The van der Waals surface area contributed by atoms with E-state index in [1.165, 1.54) is 0 Å². The second kappa shape index (κ2) is 9.82. The van der Waals surface area contributed by atoms with E-state index in [1.54, 1.807) is 23.1 Å². The van der Waals surface area contributed by atoms with Crippen LogP contribution in [0.3, 0.4) is 0 Å². The number of carboxylic acids is 1. The molecule has 1 fully saturated rings. The number of hydrogen-bond acceptors (Lipinski definition) is 3. The molecule has 5 nitrogen and oxygen atoms in total. The maximum absolute atomic E-state index is 13.4. The van der Waals surface area contributed by atoms with E-state index in [1.807, 2.05) is 37.3 Å². The zero-order valence-electron chi connectivity index (χ0n) is 16.7. The number of piperidine rings is 1. The second-order valence-corrected chi connectivity index (χ2v) is 8.55. The van der Waals surface area contributed by atoms with Crippen molar-refractivity contribution in [3.63, 3.8) is 0 Å². The van der Waals surface area contributed by atoms with E-state index in [9.17, 15) is 19.8 Å². The van der Waals surface area contributed by atoms with Crippen molar-refractivity contribution in [2.24, 2.45) is 5.92 Å². The van der Waals surface area contributed by atoms with Gasteiger partial charge >= 0.3 is 5.97 Å². The van der Waals surface area contributed by atoms with Gasteiger partial charge in [-0.05, 0) is 48.2 Å². The normalized spacial score (nSPS) is 22.7. The number of aliphatic carboxylic acids is 1. The number of amides is 1. The standard InChI is InChI=1S/C23H25Cl2NO4/c1-2-19(13-27)26-22(14-6-8-17(24)9-7-14)20(15-4-3-5-18(25)10-15)11-16(23(26)30)12-21(28)29/h3-10,16,19-20,22,27H,2,11-13H2,1H3,(H,28,29)/t16?,19?,20-,22?/m1/s1. The maximum atomic E-state index is 13.4. The number of likely N-dealkylation sites (tertiary alicyclic amines) is 1. The summed E-state index contributed by atoms with van der Waals surface area (Å²) in [4.78, 5) is 26.6. The Morgan fingerprint density at radius 1 is 1.13 bits per heavy atom. The van der Waals surface area contributed by atoms with Crippen molar-refractivity contribution in [3.8, 4) is 0 Å². The molecule has 0 aromatic heterocycles. The van der Waals surface area contributed by atoms with Gasteiger partial charge in [-0.15, -0.1) is 0 Å². The number of benzene rings is 2. The number of carbonyl (C=O) groups excluding carboxylic acids is 1. The van der Waals surface area contributed by atoms with Gasteiger partial charge in [0.1, 0.15) is 0 Å². The molecular weight excluding hydrogens is 425 g/mol. The summed E-state index contributed by atoms with van der Waals surface area (Å²) in [6.07, 6.45) is 0.688.